The molecule has 0 unspecified atom stereocenters. The van der Waals surface area contributed by atoms with Crippen molar-refractivity contribution in [2.75, 3.05) is 7.05 Å². The molecule has 0 radical (unpaired) electrons. The molecule has 2 aliphatic rings. The minimum absolute atomic E-state index is 0.0519. The molecule has 4 rings (SSSR count). The van der Waals surface area contributed by atoms with Gasteiger partial charge in [0.15, 0.2) is 0 Å². The molecule has 81 heavy (non-hydrogen) atoms. The zero-order valence-corrected chi connectivity index (χ0v) is 48.2. The van der Waals surface area contributed by atoms with Crippen molar-refractivity contribution in [2.24, 2.45) is 11.8 Å². The van der Waals surface area contributed by atoms with Gasteiger partial charge in [0.05, 0.1) is 0 Å². The quantitative estimate of drug-likeness (QED) is 0.0833. The third kappa shape index (κ3) is 19.0. The highest BCUT2D eigenvalue weighted by atomic mass is 16.6. The Hall–Kier alpha value is -7.63. The number of rotatable bonds is 20. The van der Waals surface area contributed by atoms with E-state index in [1.165, 1.54) is 59.0 Å². The lowest BCUT2D eigenvalue weighted by Crippen LogP contribution is -2.65. The van der Waals surface area contributed by atoms with Crippen LogP contribution in [0.3, 0.4) is 0 Å². The number of esters is 2. The van der Waals surface area contributed by atoms with E-state index in [2.05, 4.69) is 37.2 Å². The summed E-state index contributed by atoms with van der Waals surface area (Å²) in [5.74, 6) is -10.7. The van der Waals surface area contributed by atoms with Gasteiger partial charge < -0.3 is 66.7 Å². The zero-order valence-electron chi connectivity index (χ0n) is 48.2. The molecule has 2 saturated heterocycles. The molecule has 446 valence electrons. The number of likely N-dealkylation sites (N-methyl/N-ethyl adjacent to an activating group) is 1. The Labute approximate surface area is 473 Å². The van der Waals surface area contributed by atoms with E-state index >= 15 is 4.79 Å². The predicted molar refractivity (Wildman–Crippen MR) is 294 cm³/mol. The Morgan fingerprint density at radius 1 is 0.704 bits per heavy atom. The first kappa shape index (κ1) is 65.9. The molecule has 12 atom stereocenters. The fourth-order valence-electron chi connectivity index (χ4n) is 9.37. The van der Waals surface area contributed by atoms with Crippen LogP contribution in [0.25, 0.3) is 0 Å². The van der Waals surface area contributed by atoms with Crippen LogP contribution < -0.4 is 37.2 Å². The number of fused-ring (bicyclic) bond motifs is 2. The van der Waals surface area contributed by atoms with Gasteiger partial charge in [-0.3, -0.25) is 43.2 Å². The summed E-state index contributed by atoms with van der Waals surface area (Å²) in [6, 6.07) is 1.05. The summed E-state index contributed by atoms with van der Waals surface area (Å²) in [6.45, 7) is 15.4. The molecule has 9 N–H and O–H groups in total. The Morgan fingerprint density at radius 2 is 1.28 bits per heavy atom. The topological polar surface area (TPSA) is 337 Å². The second-order valence-corrected chi connectivity index (χ2v) is 21.7. The number of benzene rings is 2. The Balaban J connectivity index is 1.88. The first-order chi connectivity index (χ1) is 38.2. The molecule has 0 aliphatic carbocycles. The standard InChI is InChI=1S/C57H83N9O15/c1-12-17-43(68)58-32(7)49(71)63-48(34(9)80-56(78)33(8)59-44(69)18-13-2)53(75)64-47-35(10)81-57(79)46(31(5)6)62-51(73)41(28-37-21-23-38(67)24-22-37)65(11)55(77)42(29-36-19-15-14-16-20-36)66-45(70)26-25-39(54(66)76)60-50(72)40(27-30(3)4)61-52(47)74/h14-16,19-24,30-35,39-42,45-48,67,70H,12-13,17-18,25-29H2,1-11H3,(H,58,68)(H,59,69)(H,60,72)(H,61,74)(H,62,73)(H,63,71)(H,64,75)/t32-,33-,34-,35+,39-,40-,41-,42-,45+,46+,47-,48-/m0/s1. The van der Waals surface area contributed by atoms with Gasteiger partial charge in [-0.05, 0) is 94.9 Å². The highest BCUT2D eigenvalue weighted by Gasteiger charge is 2.46. The number of carbonyl (C=O) groups excluding carboxylic acids is 11. The Bertz CT molecular complexity index is 2550. The summed E-state index contributed by atoms with van der Waals surface area (Å²) in [5, 5.41) is 39.8. The molecule has 2 aliphatic heterocycles. The number of piperidine rings is 1. The Kier molecular flexibility index (Phi) is 25.1. The number of nitrogens with one attached hydrogen (secondary N) is 7. The van der Waals surface area contributed by atoms with Gasteiger partial charge in [0, 0.05) is 32.7 Å². The first-order valence-electron chi connectivity index (χ1n) is 27.8. The number of phenols is 1. The van der Waals surface area contributed by atoms with Crippen LogP contribution in [0.5, 0.6) is 5.75 Å². The predicted octanol–water partition coefficient (Wildman–Crippen LogP) is 0.927. The van der Waals surface area contributed by atoms with Crippen molar-refractivity contribution in [1.29, 1.82) is 0 Å². The van der Waals surface area contributed by atoms with Crippen LogP contribution in [-0.4, -0.2) is 165 Å². The highest BCUT2D eigenvalue weighted by Crippen LogP contribution is 2.26. The number of aliphatic hydroxyl groups is 1. The maximum atomic E-state index is 15.2. The number of nitrogens with zero attached hydrogens (tertiary/aromatic N) is 2. The van der Waals surface area contributed by atoms with Crippen molar-refractivity contribution < 1.29 is 72.4 Å². The number of hydrogen-bond acceptors (Lipinski definition) is 15. The van der Waals surface area contributed by atoms with Gasteiger partial charge in [0.25, 0.3) is 0 Å². The van der Waals surface area contributed by atoms with E-state index in [1.807, 2.05) is 0 Å². The normalized spacial score (nSPS) is 23.9. The van der Waals surface area contributed by atoms with Crippen molar-refractivity contribution in [3.63, 3.8) is 0 Å². The molecule has 0 saturated carbocycles. The number of cyclic esters (lactones) is 1. The van der Waals surface area contributed by atoms with Crippen molar-refractivity contribution in [3.05, 3.63) is 65.7 Å². The van der Waals surface area contributed by atoms with E-state index in [9.17, 15) is 58.2 Å². The summed E-state index contributed by atoms with van der Waals surface area (Å²) < 4.78 is 11.6. The molecule has 2 fully saturated rings. The third-order valence-corrected chi connectivity index (χ3v) is 14.0. The SMILES string of the molecule is CCCC(=O)N[C@@H](C)C(=O)N[C@H](C(=O)N[C@@H]1C(=O)N[C@@H](CC(C)C)C(=O)N[C@H]2CC[C@@H](O)N(C2=O)[C@@H](Cc2ccccc2)C(=O)N(C)[C@@H](Cc2ccc(O)cc2)C(=O)N[C@H](C(C)C)C(=O)O[C@@H]1C)[C@H](C)OC(=O)[C@H](C)NC(=O)CCC. The summed E-state index contributed by atoms with van der Waals surface area (Å²) in [5.41, 5.74) is 1.06. The molecule has 0 spiro atoms. The summed E-state index contributed by atoms with van der Waals surface area (Å²) >= 11 is 0. The number of hydrogen-bond donors (Lipinski definition) is 9. The second-order valence-electron chi connectivity index (χ2n) is 21.7. The molecule has 2 heterocycles. The zero-order chi connectivity index (χ0) is 60.4. The first-order valence-corrected chi connectivity index (χ1v) is 27.8. The average Bonchev–Trinajstić information content (AvgIpc) is 3.40. The molecule has 0 aromatic heterocycles. The summed E-state index contributed by atoms with van der Waals surface area (Å²) in [6.07, 6.45) is -4.23. The van der Waals surface area contributed by atoms with Crippen LogP contribution in [-0.2, 0) is 75.1 Å². The third-order valence-electron chi connectivity index (χ3n) is 14.0. The van der Waals surface area contributed by atoms with E-state index in [4.69, 9.17) is 9.47 Å². The molecular formula is C57H83N9O15. The monoisotopic (exact) mass is 1130 g/mol. The summed E-state index contributed by atoms with van der Waals surface area (Å²) in [7, 11) is 1.34. The molecule has 24 heteroatoms. The largest absolute Gasteiger partial charge is 0.508 e. The van der Waals surface area contributed by atoms with Gasteiger partial charge in [-0.1, -0.05) is 84.0 Å². The molecule has 9 amide bonds. The smallest absolute Gasteiger partial charge is 0.329 e. The van der Waals surface area contributed by atoms with E-state index in [0.29, 0.717) is 24.0 Å². The van der Waals surface area contributed by atoms with Crippen LogP contribution in [0.2, 0.25) is 0 Å². The molecule has 2 aromatic carbocycles. The maximum Gasteiger partial charge on any atom is 0.329 e. The maximum absolute atomic E-state index is 15.2. The molecule has 2 aromatic rings. The van der Waals surface area contributed by atoms with Crippen molar-refractivity contribution in [1.82, 2.24) is 47.0 Å². The number of phenolic OH excluding ortho intramolecular Hbond substituents is 1. The van der Waals surface area contributed by atoms with Crippen LogP contribution in [0.15, 0.2) is 54.6 Å². The molecule has 24 nitrogen and oxygen atoms in total. The lowest BCUT2D eigenvalue weighted by atomic mass is 9.95. The van der Waals surface area contributed by atoms with Crippen molar-refractivity contribution in [3.8, 4) is 5.75 Å². The van der Waals surface area contributed by atoms with Crippen LogP contribution in [0, 0.1) is 11.8 Å². The number of amides is 9. The van der Waals surface area contributed by atoms with E-state index < -0.39 is 144 Å². The fourth-order valence-corrected chi connectivity index (χ4v) is 9.37. The van der Waals surface area contributed by atoms with Gasteiger partial charge >= 0.3 is 11.9 Å². The molecular weight excluding hydrogens is 1050 g/mol. The van der Waals surface area contributed by atoms with Crippen LogP contribution in [0.1, 0.15) is 125 Å². The van der Waals surface area contributed by atoms with Gasteiger partial charge in [-0.15, -0.1) is 0 Å². The fraction of sp³-hybridized carbons (Fsp3) is 0.596. The van der Waals surface area contributed by atoms with Crippen molar-refractivity contribution >= 4 is 65.1 Å². The lowest BCUT2D eigenvalue weighted by Gasteiger charge is -2.43. The van der Waals surface area contributed by atoms with E-state index in [-0.39, 0.29) is 56.6 Å². The number of ether oxygens (including phenoxy) is 2. The van der Waals surface area contributed by atoms with Gasteiger partial charge in [-0.25, -0.2) is 9.59 Å². The number of aliphatic hydroxyl groups excluding tert-OH is 1. The average molecular weight is 1130 g/mol. The Morgan fingerprint density at radius 3 is 1.86 bits per heavy atom. The molecule has 2 bridgehead atoms. The van der Waals surface area contributed by atoms with Crippen LogP contribution in [0.4, 0.5) is 0 Å². The van der Waals surface area contributed by atoms with Gasteiger partial charge in [0.2, 0.25) is 53.2 Å². The van der Waals surface area contributed by atoms with Gasteiger partial charge in [0.1, 0.15) is 78.6 Å². The highest BCUT2D eigenvalue weighted by molar-refractivity contribution is 5.99. The van der Waals surface area contributed by atoms with Crippen molar-refractivity contribution in [2.45, 2.75) is 200 Å². The lowest BCUT2D eigenvalue weighted by molar-refractivity contribution is -0.165. The number of carbonyl (C=O) groups is 11. The minimum Gasteiger partial charge on any atom is -0.508 e. The van der Waals surface area contributed by atoms with Crippen LogP contribution >= 0.6 is 0 Å². The summed E-state index contributed by atoms with van der Waals surface area (Å²) in [4.78, 5) is 158. The minimum atomic E-state index is -1.93. The second kappa shape index (κ2) is 30.8. The van der Waals surface area contributed by atoms with Gasteiger partial charge in [-0.2, -0.15) is 0 Å². The van der Waals surface area contributed by atoms with E-state index in [0.717, 1.165) is 9.80 Å². The van der Waals surface area contributed by atoms with E-state index in [1.54, 1.807) is 71.9 Å². The number of aromatic hydroxyl groups is 1.